The molecule has 1 aliphatic heterocycles. The number of aryl methyl sites for hydroxylation is 2. The second-order valence-corrected chi connectivity index (χ2v) is 9.52. The van der Waals surface area contributed by atoms with Crippen molar-refractivity contribution in [3.63, 3.8) is 0 Å². The minimum absolute atomic E-state index is 0.227. The largest absolute Gasteiger partial charge is 0.465 e. The Balaban J connectivity index is 1.67. The Hall–Kier alpha value is -4.04. The van der Waals surface area contributed by atoms with Gasteiger partial charge < -0.3 is 19.5 Å². The highest BCUT2D eigenvalue weighted by molar-refractivity contribution is 7.80. The predicted octanol–water partition coefficient (Wildman–Crippen LogP) is 5.90. The van der Waals surface area contributed by atoms with Crippen LogP contribution in [0.1, 0.15) is 50.7 Å². The third-order valence-electron chi connectivity index (χ3n) is 6.83. The van der Waals surface area contributed by atoms with E-state index in [0.717, 1.165) is 34.0 Å². The molecule has 0 spiro atoms. The maximum atomic E-state index is 14.2. The summed E-state index contributed by atoms with van der Waals surface area (Å²) in [7, 11) is 1.37. The van der Waals surface area contributed by atoms with Gasteiger partial charge in [-0.3, -0.25) is 4.98 Å². The van der Waals surface area contributed by atoms with Crippen LogP contribution < -0.4 is 10.2 Å². The lowest BCUT2D eigenvalue weighted by atomic mass is 9.96. The second-order valence-electron chi connectivity index (χ2n) is 9.13. The van der Waals surface area contributed by atoms with E-state index in [-0.39, 0.29) is 23.9 Å². The Bertz CT molecular complexity index is 1500. The number of aromatic nitrogens is 2. The van der Waals surface area contributed by atoms with Crippen molar-refractivity contribution in [3.8, 4) is 5.69 Å². The number of carbonyl (C=O) groups excluding carboxylic acids is 1. The maximum Gasteiger partial charge on any atom is 0.337 e. The fraction of sp³-hybridized carbons (Fsp3) is 0.207. The number of nitrogens with one attached hydrogen (secondary N) is 1. The Labute approximate surface area is 220 Å². The van der Waals surface area contributed by atoms with E-state index < -0.39 is 0 Å². The maximum absolute atomic E-state index is 14.2. The Morgan fingerprint density at radius 2 is 1.84 bits per heavy atom. The van der Waals surface area contributed by atoms with Gasteiger partial charge in [-0.2, -0.15) is 0 Å². The zero-order chi connectivity index (χ0) is 26.3. The minimum Gasteiger partial charge on any atom is -0.465 e. The SMILES string of the molecule is COC(=O)c1cccc(-n2c(C)cc([C@@H]3[C@@H](c4ccccn4)NC(=S)N3c3ccc(F)c(C)c3)c2C)c1. The molecule has 1 N–H and O–H groups in total. The van der Waals surface area contributed by atoms with Gasteiger partial charge in [-0.1, -0.05) is 12.1 Å². The van der Waals surface area contributed by atoms with Crippen molar-refractivity contribution in [3.05, 3.63) is 113 Å². The summed E-state index contributed by atoms with van der Waals surface area (Å²) >= 11 is 5.82. The first-order valence-electron chi connectivity index (χ1n) is 11.9. The van der Waals surface area contributed by atoms with Gasteiger partial charge in [-0.25, -0.2) is 9.18 Å². The van der Waals surface area contributed by atoms with Crippen LogP contribution in [0.15, 0.2) is 72.9 Å². The molecule has 2 atom stereocenters. The summed E-state index contributed by atoms with van der Waals surface area (Å²) in [6.07, 6.45) is 1.77. The first-order chi connectivity index (χ1) is 17.8. The zero-order valence-electron chi connectivity index (χ0n) is 21.0. The zero-order valence-corrected chi connectivity index (χ0v) is 21.8. The predicted molar refractivity (Wildman–Crippen MR) is 146 cm³/mol. The van der Waals surface area contributed by atoms with Gasteiger partial charge in [0.1, 0.15) is 5.82 Å². The van der Waals surface area contributed by atoms with E-state index in [1.807, 2.05) is 54.3 Å². The highest BCUT2D eigenvalue weighted by Gasteiger charge is 2.42. The molecule has 1 aliphatic rings. The van der Waals surface area contributed by atoms with E-state index in [1.54, 1.807) is 25.3 Å². The molecule has 0 saturated carbocycles. The van der Waals surface area contributed by atoms with Crippen molar-refractivity contribution in [2.45, 2.75) is 32.9 Å². The van der Waals surface area contributed by atoms with E-state index in [2.05, 4.69) is 27.9 Å². The number of nitrogens with zero attached hydrogens (tertiary/aromatic N) is 3. The lowest BCUT2D eigenvalue weighted by molar-refractivity contribution is 0.0600. The van der Waals surface area contributed by atoms with Gasteiger partial charge in [0.2, 0.25) is 0 Å². The molecule has 5 rings (SSSR count). The number of halogens is 1. The number of carbonyl (C=O) groups is 1. The Kier molecular flexibility index (Phi) is 6.52. The van der Waals surface area contributed by atoms with Crippen LogP contribution in [0, 0.1) is 26.6 Å². The average Bonchev–Trinajstić information content (AvgIpc) is 3.40. The van der Waals surface area contributed by atoms with Crippen LogP contribution in [0.4, 0.5) is 10.1 Å². The highest BCUT2D eigenvalue weighted by atomic mass is 32.1. The molecule has 2 aromatic heterocycles. The summed E-state index contributed by atoms with van der Waals surface area (Å²) < 4.78 is 21.2. The van der Waals surface area contributed by atoms with E-state index in [9.17, 15) is 9.18 Å². The van der Waals surface area contributed by atoms with Crippen LogP contribution in [0.2, 0.25) is 0 Å². The Morgan fingerprint density at radius 3 is 2.54 bits per heavy atom. The molecule has 2 aromatic carbocycles. The number of thiocarbonyl (C=S) groups is 1. The van der Waals surface area contributed by atoms with Gasteiger partial charge >= 0.3 is 5.97 Å². The van der Waals surface area contributed by atoms with Gasteiger partial charge in [0.25, 0.3) is 0 Å². The lowest BCUT2D eigenvalue weighted by Crippen LogP contribution is -2.29. The van der Waals surface area contributed by atoms with E-state index in [1.165, 1.54) is 13.2 Å². The van der Waals surface area contributed by atoms with Gasteiger partial charge in [0.15, 0.2) is 5.11 Å². The average molecular weight is 515 g/mol. The molecule has 0 unspecified atom stereocenters. The number of rotatable bonds is 5. The van der Waals surface area contributed by atoms with Crippen molar-refractivity contribution in [2.75, 3.05) is 12.0 Å². The second kappa shape index (κ2) is 9.78. The molecule has 188 valence electrons. The number of hydrogen-bond donors (Lipinski definition) is 1. The summed E-state index contributed by atoms with van der Waals surface area (Å²) in [5, 5.41) is 4.00. The van der Waals surface area contributed by atoms with Crippen LogP contribution in [0.25, 0.3) is 5.69 Å². The number of pyridine rings is 1. The molecule has 1 fully saturated rings. The van der Waals surface area contributed by atoms with Crippen LogP contribution in [0.5, 0.6) is 0 Å². The van der Waals surface area contributed by atoms with Crippen molar-refractivity contribution in [1.29, 1.82) is 0 Å². The van der Waals surface area contributed by atoms with Crippen LogP contribution >= 0.6 is 12.2 Å². The monoisotopic (exact) mass is 514 g/mol. The van der Waals surface area contributed by atoms with Crippen molar-refractivity contribution >= 4 is 29.0 Å². The summed E-state index contributed by atoms with van der Waals surface area (Å²) in [5.41, 5.74) is 6.59. The molecule has 6 nitrogen and oxygen atoms in total. The lowest BCUT2D eigenvalue weighted by Gasteiger charge is -2.28. The summed E-state index contributed by atoms with van der Waals surface area (Å²) in [4.78, 5) is 18.8. The van der Waals surface area contributed by atoms with E-state index in [4.69, 9.17) is 17.0 Å². The molecule has 37 heavy (non-hydrogen) atoms. The fourth-order valence-corrected chi connectivity index (χ4v) is 5.45. The van der Waals surface area contributed by atoms with Crippen LogP contribution in [-0.4, -0.2) is 27.7 Å². The fourth-order valence-electron chi connectivity index (χ4n) is 5.10. The third-order valence-corrected chi connectivity index (χ3v) is 7.15. The molecular formula is C29H27FN4O2S. The molecule has 3 heterocycles. The van der Waals surface area contributed by atoms with Crippen LogP contribution in [0.3, 0.4) is 0 Å². The smallest absolute Gasteiger partial charge is 0.337 e. The van der Waals surface area contributed by atoms with Gasteiger partial charge in [-0.05, 0) is 98.7 Å². The van der Waals surface area contributed by atoms with Gasteiger partial charge in [0.05, 0.1) is 30.5 Å². The van der Waals surface area contributed by atoms with E-state index in [0.29, 0.717) is 16.2 Å². The topological polar surface area (TPSA) is 59.4 Å². The van der Waals surface area contributed by atoms with Gasteiger partial charge in [0, 0.05) is 29.0 Å². The first kappa shape index (κ1) is 24.6. The molecule has 0 bridgehead atoms. The summed E-state index contributed by atoms with van der Waals surface area (Å²) in [5.74, 6) is -0.647. The molecule has 4 aromatic rings. The molecular weight excluding hydrogens is 487 g/mol. The minimum atomic E-state index is -0.386. The summed E-state index contributed by atoms with van der Waals surface area (Å²) in [6, 6.07) is 19.9. The van der Waals surface area contributed by atoms with Crippen molar-refractivity contribution in [1.82, 2.24) is 14.9 Å². The van der Waals surface area contributed by atoms with Crippen LogP contribution in [-0.2, 0) is 4.74 Å². The van der Waals surface area contributed by atoms with Gasteiger partial charge in [-0.15, -0.1) is 0 Å². The highest BCUT2D eigenvalue weighted by Crippen LogP contribution is 2.44. The molecule has 0 amide bonds. The number of hydrogen-bond acceptors (Lipinski definition) is 4. The molecule has 0 aliphatic carbocycles. The number of ether oxygens (including phenoxy) is 1. The third kappa shape index (κ3) is 4.38. The number of benzene rings is 2. The quantitative estimate of drug-likeness (QED) is 0.264. The first-order valence-corrected chi connectivity index (χ1v) is 12.4. The summed E-state index contributed by atoms with van der Waals surface area (Å²) in [6.45, 7) is 5.83. The molecule has 8 heteroatoms. The molecule has 1 saturated heterocycles. The normalized spacial score (nSPS) is 17.1. The number of esters is 1. The number of methoxy groups -OCH3 is 1. The van der Waals surface area contributed by atoms with Crippen molar-refractivity contribution in [2.24, 2.45) is 0 Å². The van der Waals surface area contributed by atoms with Crippen molar-refractivity contribution < 1.29 is 13.9 Å². The number of anilines is 1. The standard InChI is InChI=1S/C29H27FN4O2S/c1-17-14-22(11-12-24(17)30)34-27(26(32-29(34)37)25-10-5-6-13-31-25)23-15-18(2)33(19(23)3)21-9-7-8-20(16-21)28(35)36-4/h5-16,26-27H,1-4H3,(H,32,37)/t26-,27-/m1/s1. The Morgan fingerprint density at radius 1 is 1.03 bits per heavy atom. The van der Waals surface area contributed by atoms with E-state index >= 15 is 0 Å². The molecule has 0 radical (unpaired) electrons.